The van der Waals surface area contributed by atoms with E-state index < -0.39 is 12.0 Å². The first kappa shape index (κ1) is 16.7. The molecule has 3 heterocycles. The Morgan fingerprint density at radius 1 is 0.821 bits per heavy atom. The van der Waals surface area contributed by atoms with Gasteiger partial charge in [0.15, 0.2) is 0 Å². The average Bonchev–Trinajstić information content (AvgIpc) is 3.00. The lowest BCUT2D eigenvalue weighted by molar-refractivity contribution is -0.122. The van der Waals surface area contributed by atoms with Gasteiger partial charge in [-0.3, -0.25) is 14.6 Å². The molecule has 0 aliphatic carbocycles. The van der Waals surface area contributed by atoms with E-state index in [9.17, 15) is 9.59 Å². The summed E-state index contributed by atoms with van der Waals surface area (Å²) in [6.45, 7) is 0. The number of pyridine rings is 1. The second-order valence-corrected chi connectivity index (χ2v) is 7.23. The van der Waals surface area contributed by atoms with Gasteiger partial charge in [0.2, 0.25) is 5.91 Å². The lowest BCUT2D eigenvalue weighted by atomic mass is 9.76. The van der Waals surface area contributed by atoms with Crippen LogP contribution in [0.3, 0.4) is 0 Å². The van der Waals surface area contributed by atoms with Crippen LogP contribution in [0.2, 0.25) is 0 Å². The summed E-state index contributed by atoms with van der Waals surface area (Å²) in [5, 5.41) is 0. The Labute approximate surface area is 163 Å². The van der Waals surface area contributed by atoms with E-state index in [2.05, 4.69) is 4.98 Å². The number of anilines is 2. The van der Waals surface area contributed by atoms with E-state index in [4.69, 9.17) is 0 Å². The number of likely N-dealkylation sites (N-methyl/N-ethyl adjacent to an activating group) is 1. The third kappa shape index (κ3) is 2.29. The van der Waals surface area contributed by atoms with Crippen LogP contribution in [0, 0.1) is 5.92 Å². The highest BCUT2D eigenvalue weighted by Gasteiger charge is 2.57. The van der Waals surface area contributed by atoms with Crippen LogP contribution in [0.4, 0.5) is 11.4 Å². The molecule has 3 atom stereocenters. The molecule has 3 aromatic rings. The monoisotopic (exact) mass is 369 g/mol. The van der Waals surface area contributed by atoms with Gasteiger partial charge in [-0.25, -0.2) is 4.90 Å². The molecule has 2 aliphatic rings. The largest absolute Gasteiger partial charge is 0.360 e. The Bertz CT molecular complexity index is 1050. The van der Waals surface area contributed by atoms with E-state index in [1.807, 2.05) is 72.6 Å². The smallest absolute Gasteiger partial charge is 0.257 e. The van der Waals surface area contributed by atoms with Crippen LogP contribution < -0.4 is 9.80 Å². The quantitative estimate of drug-likeness (QED) is 0.651. The number of carbonyl (C=O) groups is 2. The molecular formula is C23H19N3O2. The molecule has 28 heavy (non-hydrogen) atoms. The van der Waals surface area contributed by atoms with Crippen molar-refractivity contribution in [2.24, 2.45) is 5.92 Å². The summed E-state index contributed by atoms with van der Waals surface area (Å²) in [5.74, 6) is -1.12. The molecule has 2 aromatic carbocycles. The van der Waals surface area contributed by atoms with Crippen LogP contribution in [0.5, 0.6) is 0 Å². The van der Waals surface area contributed by atoms with Crippen LogP contribution in [0.25, 0.3) is 0 Å². The Morgan fingerprint density at radius 2 is 1.50 bits per heavy atom. The van der Waals surface area contributed by atoms with Gasteiger partial charge in [-0.2, -0.15) is 0 Å². The number of aromatic nitrogens is 1. The maximum Gasteiger partial charge on any atom is 0.257 e. The molecule has 1 aromatic heterocycles. The van der Waals surface area contributed by atoms with Gasteiger partial charge in [-0.05, 0) is 29.8 Å². The summed E-state index contributed by atoms with van der Waals surface area (Å²) >= 11 is 0. The molecule has 0 radical (unpaired) electrons. The van der Waals surface area contributed by atoms with E-state index in [1.165, 1.54) is 4.90 Å². The number of hydrogen-bond acceptors (Lipinski definition) is 4. The molecule has 5 heteroatoms. The number of hydrogen-bond donors (Lipinski definition) is 0. The Morgan fingerprint density at radius 3 is 2.21 bits per heavy atom. The molecule has 5 rings (SSSR count). The fourth-order valence-electron chi connectivity index (χ4n) is 4.53. The summed E-state index contributed by atoms with van der Waals surface area (Å²) in [7, 11) is 1.87. The van der Waals surface area contributed by atoms with Gasteiger partial charge < -0.3 is 4.90 Å². The first-order chi connectivity index (χ1) is 13.7. The number of fused-ring (bicyclic) bond motifs is 2. The van der Waals surface area contributed by atoms with E-state index >= 15 is 0 Å². The van der Waals surface area contributed by atoms with Crippen LogP contribution in [0.1, 0.15) is 17.2 Å². The third-order valence-corrected chi connectivity index (χ3v) is 5.76. The predicted octanol–water partition coefficient (Wildman–Crippen LogP) is 3.22. The number of benzene rings is 2. The SMILES string of the molecule is CN1c2cccnc2C(c2ccccc2)[C@H]2C(=O)N(c3ccccc3)C(=O)[C@H]21. The lowest BCUT2D eigenvalue weighted by Crippen LogP contribution is -2.48. The van der Waals surface area contributed by atoms with E-state index in [0.29, 0.717) is 5.69 Å². The predicted molar refractivity (Wildman–Crippen MR) is 107 cm³/mol. The molecule has 1 saturated heterocycles. The maximum absolute atomic E-state index is 13.5. The number of para-hydroxylation sites is 1. The first-order valence-corrected chi connectivity index (χ1v) is 9.34. The number of amides is 2. The van der Waals surface area contributed by atoms with E-state index in [-0.39, 0.29) is 17.7 Å². The van der Waals surface area contributed by atoms with Crippen LogP contribution in [-0.2, 0) is 9.59 Å². The van der Waals surface area contributed by atoms with Gasteiger partial charge in [0.25, 0.3) is 5.91 Å². The van der Waals surface area contributed by atoms with Crippen molar-refractivity contribution >= 4 is 23.2 Å². The van der Waals surface area contributed by atoms with Crippen molar-refractivity contribution in [1.82, 2.24) is 4.98 Å². The lowest BCUT2D eigenvalue weighted by Gasteiger charge is -2.39. The fourth-order valence-corrected chi connectivity index (χ4v) is 4.53. The van der Waals surface area contributed by atoms with Gasteiger partial charge in [0.1, 0.15) is 6.04 Å². The number of imide groups is 1. The Kier molecular flexibility index (Phi) is 3.76. The van der Waals surface area contributed by atoms with Crippen LogP contribution >= 0.6 is 0 Å². The molecule has 138 valence electrons. The van der Waals surface area contributed by atoms with Crippen molar-refractivity contribution in [2.45, 2.75) is 12.0 Å². The summed E-state index contributed by atoms with van der Waals surface area (Å²) < 4.78 is 0. The van der Waals surface area contributed by atoms with Gasteiger partial charge >= 0.3 is 0 Å². The van der Waals surface area contributed by atoms with Gasteiger partial charge in [0, 0.05) is 19.2 Å². The van der Waals surface area contributed by atoms with Gasteiger partial charge in [-0.15, -0.1) is 0 Å². The number of carbonyl (C=O) groups excluding carboxylic acids is 2. The summed E-state index contributed by atoms with van der Waals surface area (Å²) in [6, 6.07) is 22.3. The van der Waals surface area contributed by atoms with Crippen molar-refractivity contribution < 1.29 is 9.59 Å². The average molecular weight is 369 g/mol. The molecule has 2 amide bonds. The highest BCUT2D eigenvalue weighted by Crippen LogP contribution is 2.48. The summed E-state index contributed by atoms with van der Waals surface area (Å²) in [5.41, 5.74) is 3.35. The van der Waals surface area contributed by atoms with E-state index in [1.54, 1.807) is 18.3 Å². The van der Waals surface area contributed by atoms with Gasteiger partial charge in [0.05, 0.1) is 23.0 Å². The fraction of sp³-hybridized carbons (Fsp3) is 0.174. The van der Waals surface area contributed by atoms with Crippen molar-refractivity contribution in [3.8, 4) is 0 Å². The highest BCUT2D eigenvalue weighted by atomic mass is 16.2. The molecule has 0 N–H and O–H groups in total. The normalized spacial score (nSPS) is 23.5. The van der Waals surface area contributed by atoms with Crippen molar-refractivity contribution in [2.75, 3.05) is 16.8 Å². The molecule has 0 bridgehead atoms. The zero-order valence-electron chi connectivity index (χ0n) is 15.4. The number of nitrogens with zero attached hydrogens (tertiary/aromatic N) is 3. The molecule has 1 fully saturated rings. The van der Waals surface area contributed by atoms with Crippen molar-refractivity contribution in [3.63, 3.8) is 0 Å². The third-order valence-electron chi connectivity index (χ3n) is 5.76. The molecule has 0 spiro atoms. The topological polar surface area (TPSA) is 53.5 Å². The standard InChI is InChI=1S/C23H19N3O2/c1-25-17-13-8-14-24-20(17)18(15-9-4-2-5-10-15)19-21(25)23(28)26(22(19)27)16-11-6-3-7-12-16/h2-14,18-19,21H,1H3/t18?,19-,21+/m1/s1. The van der Waals surface area contributed by atoms with Gasteiger partial charge in [-0.1, -0.05) is 48.5 Å². The first-order valence-electron chi connectivity index (χ1n) is 9.34. The molecule has 5 nitrogen and oxygen atoms in total. The maximum atomic E-state index is 13.5. The van der Waals surface area contributed by atoms with Crippen molar-refractivity contribution in [1.29, 1.82) is 0 Å². The minimum absolute atomic E-state index is 0.168. The second-order valence-electron chi connectivity index (χ2n) is 7.23. The van der Waals surface area contributed by atoms with Crippen molar-refractivity contribution in [3.05, 3.63) is 90.3 Å². The number of rotatable bonds is 2. The Balaban J connectivity index is 1.70. The van der Waals surface area contributed by atoms with Crippen LogP contribution in [-0.4, -0.2) is 29.9 Å². The molecule has 2 aliphatic heterocycles. The molecular weight excluding hydrogens is 350 g/mol. The van der Waals surface area contributed by atoms with E-state index in [0.717, 1.165) is 16.9 Å². The Hall–Kier alpha value is -3.47. The zero-order valence-corrected chi connectivity index (χ0v) is 15.4. The summed E-state index contributed by atoms with van der Waals surface area (Å²) in [6.07, 6.45) is 1.75. The van der Waals surface area contributed by atoms with Crippen LogP contribution in [0.15, 0.2) is 79.0 Å². The summed E-state index contributed by atoms with van der Waals surface area (Å²) in [4.78, 5) is 34.8. The molecule has 0 saturated carbocycles. The zero-order chi connectivity index (χ0) is 19.3. The highest BCUT2D eigenvalue weighted by molar-refractivity contribution is 6.25. The minimum Gasteiger partial charge on any atom is -0.360 e. The second kappa shape index (κ2) is 6.30. The minimum atomic E-state index is -0.547. The molecule has 1 unspecified atom stereocenters.